The second kappa shape index (κ2) is 6.31. The Bertz CT molecular complexity index is 666. The van der Waals surface area contributed by atoms with E-state index in [0.29, 0.717) is 18.9 Å². The maximum atomic E-state index is 12.8. The molecule has 1 fully saturated rings. The fourth-order valence-corrected chi connectivity index (χ4v) is 2.46. The molecule has 0 spiro atoms. The number of halogens is 3. The van der Waals surface area contributed by atoms with E-state index in [1.54, 1.807) is 6.07 Å². The van der Waals surface area contributed by atoms with Crippen LogP contribution in [-0.2, 0) is 10.9 Å². The Morgan fingerprint density at radius 2 is 2.00 bits per heavy atom. The Kier molecular flexibility index (Phi) is 4.38. The van der Waals surface area contributed by atoms with Crippen molar-refractivity contribution in [3.05, 3.63) is 18.0 Å². The van der Waals surface area contributed by atoms with Gasteiger partial charge in [0.05, 0.1) is 6.10 Å². The third-order valence-corrected chi connectivity index (χ3v) is 3.78. The highest BCUT2D eigenvalue weighted by Gasteiger charge is 2.38. The van der Waals surface area contributed by atoms with E-state index >= 15 is 0 Å². The van der Waals surface area contributed by atoms with Crippen LogP contribution in [0.4, 0.5) is 19.0 Å². The van der Waals surface area contributed by atoms with Crippen molar-refractivity contribution in [2.45, 2.75) is 38.5 Å². The van der Waals surface area contributed by atoms with Crippen molar-refractivity contribution in [1.29, 1.82) is 0 Å². The van der Waals surface area contributed by atoms with Crippen LogP contribution in [0, 0.1) is 0 Å². The van der Waals surface area contributed by atoms with Crippen molar-refractivity contribution >= 4 is 11.5 Å². The van der Waals surface area contributed by atoms with Crippen molar-refractivity contribution in [3.63, 3.8) is 0 Å². The SMILES string of the molecule is CCCCCOC1CN(c2ccc3nnc(C(F)(F)F)n3n2)C1. The molecule has 0 saturated carbocycles. The van der Waals surface area contributed by atoms with Gasteiger partial charge in [-0.3, -0.25) is 0 Å². The number of nitrogens with zero attached hydrogens (tertiary/aromatic N) is 5. The summed E-state index contributed by atoms with van der Waals surface area (Å²) in [6.07, 6.45) is -1.14. The van der Waals surface area contributed by atoms with Crippen LogP contribution < -0.4 is 4.90 Å². The minimum Gasteiger partial charge on any atom is -0.375 e. The molecule has 0 aliphatic carbocycles. The summed E-state index contributed by atoms with van der Waals surface area (Å²) in [6.45, 7) is 4.12. The van der Waals surface area contributed by atoms with E-state index in [4.69, 9.17) is 4.74 Å². The van der Waals surface area contributed by atoms with E-state index < -0.39 is 12.0 Å². The number of anilines is 1. The van der Waals surface area contributed by atoms with Gasteiger partial charge in [-0.25, -0.2) is 0 Å². The van der Waals surface area contributed by atoms with E-state index in [1.807, 2.05) is 4.90 Å². The lowest BCUT2D eigenvalue weighted by molar-refractivity contribution is -0.146. The molecule has 0 amide bonds. The van der Waals surface area contributed by atoms with Crippen LogP contribution in [-0.4, -0.2) is 45.6 Å². The number of hydrogen-bond acceptors (Lipinski definition) is 5. The topological polar surface area (TPSA) is 55.5 Å². The molecule has 0 aromatic carbocycles. The molecule has 126 valence electrons. The summed E-state index contributed by atoms with van der Waals surface area (Å²) in [5, 5.41) is 10.7. The first kappa shape index (κ1) is 16.0. The first-order valence-corrected chi connectivity index (χ1v) is 7.65. The Morgan fingerprint density at radius 1 is 1.22 bits per heavy atom. The second-order valence-corrected chi connectivity index (χ2v) is 5.59. The van der Waals surface area contributed by atoms with Crippen LogP contribution >= 0.6 is 0 Å². The molecule has 0 unspecified atom stereocenters. The average Bonchev–Trinajstić information content (AvgIpc) is 2.88. The van der Waals surface area contributed by atoms with Gasteiger partial charge in [-0.2, -0.15) is 17.7 Å². The molecular formula is C14H18F3N5O. The van der Waals surface area contributed by atoms with Gasteiger partial charge in [0, 0.05) is 19.7 Å². The molecule has 23 heavy (non-hydrogen) atoms. The van der Waals surface area contributed by atoms with Crippen molar-refractivity contribution in [3.8, 4) is 0 Å². The molecule has 0 bridgehead atoms. The Morgan fingerprint density at radius 3 is 2.70 bits per heavy atom. The van der Waals surface area contributed by atoms with E-state index in [1.165, 1.54) is 6.07 Å². The monoisotopic (exact) mass is 329 g/mol. The van der Waals surface area contributed by atoms with E-state index in [9.17, 15) is 13.2 Å². The summed E-state index contributed by atoms with van der Waals surface area (Å²) in [5.74, 6) is -0.640. The summed E-state index contributed by atoms with van der Waals surface area (Å²) < 4.78 is 45.0. The molecule has 1 aliphatic rings. The van der Waals surface area contributed by atoms with Crippen molar-refractivity contribution in [1.82, 2.24) is 19.8 Å². The number of unbranched alkanes of at least 4 members (excludes halogenated alkanes) is 2. The fourth-order valence-electron chi connectivity index (χ4n) is 2.46. The molecule has 2 aromatic rings. The summed E-state index contributed by atoms with van der Waals surface area (Å²) in [4.78, 5) is 1.88. The molecule has 9 heteroatoms. The van der Waals surface area contributed by atoms with Gasteiger partial charge in [0.1, 0.15) is 5.82 Å². The highest BCUT2D eigenvalue weighted by Crippen LogP contribution is 2.28. The lowest BCUT2D eigenvalue weighted by Gasteiger charge is -2.39. The first-order valence-electron chi connectivity index (χ1n) is 7.65. The molecule has 0 N–H and O–H groups in total. The third kappa shape index (κ3) is 3.39. The smallest absolute Gasteiger partial charge is 0.375 e. The lowest BCUT2D eigenvalue weighted by Crippen LogP contribution is -2.52. The van der Waals surface area contributed by atoms with Gasteiger partial charge in [0.2, 0.25) is 0 Å². The lowest BCUT2D eigenvalue weighted by atomic mass is 10.1. The van der Waals surface area contributed by atoms with Gasteiger partial charge in [-0.05, 0) is 18.6 Å². The zero-order valence-corrected chi connectivity index (χ0v) is 12.8. The zero-order valence-electron chi connectivity index (χ0n) is 12.8. The van der Waals surface area contributed by atoms with Gasteiger partial charge in [0.15, 0.2) is 5.65 Å². The van der Waals surface area contributed by atoms with Crippen LogP contribution in [0.15, 0.2) is 12.1 Å². The minimum absolute atomic E-state index is 0.0777. The van der Waals surface area contributed by atoms with Gasteiger partial charge in [-0.15, -0.1) is 15.3 Å². The van der Waals surface area contributed by atoms with E-state index in [-0.39, 0.29) is 11.8 Å². The molecule has 1 aliphatic heterocycles. The minimum atomic E-state index is -4.58. The number of fused-ring (bicyclic) bond motifs is 1. The number of ether oxygens (including phenoxy) is 1. The predicted molar refractivity (Wildman–Crippen MR) is 77.3 cm³/mol. The predicted octanol–water partition coefficient (Wildman–Crippen LogP) is 2.54. The molecule has 1 saturated heterocycles. The quantitative estimate of drug-likeness (QED) is 0.762. The first-order chi connectivity index (χ1) is 11.0. The van der Waals surface area contributed by atoms with Crippen LogP contribution in [0.1, 0.15) is 32.0 Å². The zero-order chi connectivity index (χ0) is 16.4. The Labute approximate surface area is 131 Å². The van der Waals surface area contributed by atoms with Crippen molar-refractivity contribution in [2.24, 2.45) is 0 Å². The second-order valence-electron chi connectivity index (χ2n) is 5.59. The van der Waals surface area contributed by atoms with Gasteiger partial charge < -0.3 is 9.64 Å². The largest absolute Gasteiger partial charge is 0.453 e. The van der Waals surface area contributed by atoms with Crippen LogP contribution in [0.5, 0.6) is 0 Å². The molecule has 3 heterocycles. The Balaban J connectivity index is 1.64. The summed E-state index contributed by atoms with van der Waals surface area (Å²) in [6, 6.07) is 3.14. The summed E-state index contributed by atoms with van der Waals surface area (Å²) in [7, 11) is 0. The molecular weight excluding hydrogens is 311 g/mol. The highest BCUT2D eigenvalue weighted by atomic mass is 19.4. The van der Waals surface area contributed by atoms with Crippen LogP contribution in [0.25, 0.3) is 5.65 Å². The number of hydrogen-bond donors (Lipinski definition) is 0. The van der Waals surface area contributed by atoms with Gasteiger partial charge in [0.25, 0.3) is 5.82 Å². The van der Waals surface area contributed by atoms with Crippen molar-refractivity contribution < 1.29 is 17.9 Å². The molecule has 2 aromatic heterocycles. The summed E-state index contributed by atoms with van der Waals surface area (Å²) >= 11 is 0. The number of alkyl halides is 3. The van der Waals surface area contributed by atoms with Crippen molar-refractivity contribution in [2.75, 3.05) is 24.6 Å². The fraction of sp³-hybridized carbons (Fsp3) is 0.643. The van der Waals surface area contributed by atoms with E-state index in [0.717, 1.165) is 30.4 Å². The number of rotatable bonds is 6. The Hall–Kier alpha value is -1.90. The maximum absolute atomic E-state index is 12.8. The van der Waals surface area contributed by atoms with Crippen LogP contribution in [0.2, 0.25) is 0 Å². The highest BCUT2D eigenvalue weighted by molar-refractivity contribution is 5.47. The van der Waals surface area contributed by atoms with E-state index in [2.05, 4.69) is 22.2 Å². The molecule has 6 nitrogen and oxygen atoms in total. The standard InChI is InChI=1S/C14H18F3N5O/c1-2-3-4-7-23-10-8-21(9-10)12-6-5-11-18-19-13(14(15,16)17)22(11)20-12/h5-6,10H,2-4,7-9H2,1H3. The van der Waals surface area contributed by atoms with Gasteiger partial charge in [-0.1, -0.05) is 19.8 Å². The summed E-state index contributed by atoms with van der Waals surface area (Å²) in [5.41, 5.74) is 0.0777. The van der Waals surface area contributed by atoms with Crippen LogP contribution in [0.3, 0.4) is 0 Å². The average molecular weight is 329 g/mol. The normalized spacial score (nSPS) is 16.1. The number of aromatic nitrogens is 4. The molecule has 0 radical (unpaired) electrons. The molecule has 0 atom stereocenters. The maximum Gasteiger partial charge on any atom is 0.453 e. The third-order valence-electron chi connectivity index (χ3n) is 3.78. The molecule has 3 rings (SSSR count). The van der Waals surface area contributed by atoms with Gasteiger partial charge >= 0.3 is 6.18 Å².